The van der Waals surface area contributed by atoms with Crippen molar-refractivity contribution in [3.05, 3.63) is 69.8 Å². The Bertz CT molecular complexity index is 891. The van der Waals surface area contributed by atoms with E-state index >= 15 is 0 Å². The van der Waals surface area contributed by atoms with Gasteiger partial charge < -0.3 is 15.4 Å². The Hall–Kier alpha value is -3.42. The van der Waals surface area contributed by atoms with Crippen LogP contribution in [0.1, 0.15) is 49.7 Å². The van der Waals surface area contributed by atoms with Crippen molar-refractivity contribution in [3.63, 3.8) is 0 Å². The number of nitrogens with one attached hydrogen (secondary N) is 2. The maximum atomic E-state index is 12.6. The summed E-state index contributed by atoms with van der Waals surface area (Å²) < 4.78 is 5.38. The van der Waals surface area contributed by atoms with E-state index in [1.807, 2.05) is 51.1 Å². The van der Waals surface area contributed by atoms with Gasteiger partial charge in [-0.1, -0.05) is 30.3 Å². The Balaban J connectivity index is 2.32. The number of nitro benzene ring substituents is 1. The topological polar surface area (TPSA) is 111 Å². The van der Waals surface area contributed by atoms with Crippen LogP contribution in [0.25, 0.3) is 0 Å². The summed E-state index contributed by atoms with van der Waals surface area (Å²) in [6, 6.07) is 13.1. The van der Waals surface area contributed by atoms with Crippen molar-refractivity contribution in [3.8, 4) is 0 Å². The van der Waals surface area contributed by atoms with E-state index in [9.17, 15) is 19.7 Å². The average molecular weight is 399 g/mol. The van der Waals surface area contributed by atoms with E-state index in [4.69, 9.17) is 4.74 Å². The second-order valence-electron chi connectivity index (χ2n) is 7.58. The molecule has 8 nitrogen and oxygen atoms in total. The number of ether oxygens (including phenoxy) is 1. The summed E-state index contributed by atoms with van der Waals surface area (Å²) in [5.74, 6) is -0.816. The Kier molecular flexibility index (Phi) is 6.93. The van der Waals surface area contributed by atoms with Gasteiger partial charge in [-0.15, -0.1) is 0 Å². The van der Waals surface area contributed by atoms with Crippen LogP contribution in [0.5, 0.6) is 0 Å². The Morgan fingerprint density at radius 1 is 1.14 bits per heavy atom. The highest BCUT2D eigenvalue weighted by Gasteiger charge is 2.22. The zero-order valence-corrected chi connectivity index (χ0v) is 16.9. The molecule has 0 aromatic heterocycles. The summed E-state index contributed by atoms with van der Waals surface area (Å²) in [4.78, 5) is 34.8. The van der Waals surface area contributed by atoms with Gasteiger partial charge in [0.2, 0.25) is 0 Å². The van der Waals surface area contributed by atoms with Crippen LogP contribution in [0.4, 0.5) is 11.4 Å². The third-order valence-corrected chi connectivity index (χ3v) is 3.90. The first-order valence-electron chi connectivity index (χ1n) is 9.14. The molecule has 0 aliphatic heterocycles. The number of anilines is 1. The van der Waals surface area contributed by atoms with Crippen LogP contribution in [0.2, 0.25) is 0 Å². The van der Waals surface area contributed by atoms with Gasteiger partial charge in [0, 0.05) is 24.6 Å². The summed E-state index contributed by atoms with van der Waals surface area (Å²) >= 11 is 0. The number of non-ortho nitro benzene ring substituents is 1. The first-order chi connectivity index (χ1) is 13.6. The standard InChI is InChI=1S/C21H25N3O5/c1-14(25)29-19(15-8-6-5-7-9-15)13-22-18-12-16(24(27)28)10-11-17(18)20(26)23-21(2,3)4/h5-12,19,22H,13H2,1-4H3,(H,23,26). The van der Waals surface area contributed by atoms with E-state index in [0.717, 1.165) is 5.56 Å². The Labute approximate surface area is 169 Å². The fourth-order valence-corrected chi connectivity index (χ4v) is 2.70. The molecule has 2 rings (SSSR count). The van der Waals surface area contributed by atoms with Gasteiger partial charge in [0.05, 0.1) is 22.7 Å². The first-order valence-corrected chi connectivity index (χ1v) is 9.14. The zero-order chi connectivity index (χ0) is 21.6. The molecule has 2 aromatic carbocycles. The summed E-state index contributed by atoms with van der Waals surface area (Å²) in [6.07, 6.45) is -0.619. The highest BCUT2D eigenvalue weighted by molar-refractivity contribution is 6.00. The van der Waals surface area contributed by atoms with E-state index in [2.05, 4.69) is 10.6 Å². The van der Waals surface area contributed by atoms with Gasteiger partial charge in [0.15, 0.2) is 0 Å². The highest BCUT2D eigenvalue weighted by Crippen LogP contribution is 2.25. The second kappa shape index (κ2) is 9.18. The minimum atomic E-state index is -0.619. The minimum Gasteiger partial charge on any atom is -0.456 e. The Morgan fingerprint density at radius 2 is 1.79 bits per heavy atom. The molecule has 2 N–H and O–H groups in total. The predicted octanol–water partition coefficient (Wildman–Crippen LogP) is 3.84. The van der Waals surface area contributed by atoms with E-state index in [1.165, 1.54) is 25.1 Å². The van der Waals surface area contributed by atoms with Crippen molar-refractivity contribution < 1.29 is 19.2 Å². The molecule has 0 saturated heterocycles. The summed E-state index contributed by atoms with van der Waals surface area (Å²) in [7, 11) is 0. The number of hydrogen-bond acceptors (Lipinski definition) is 6. The predicted molar refractivity (Wildman–Crippen MR) is 110 cm³/mol. The number of nitro groups is 1. The smallest absolute Gasteiger partial charge is 0.303 e. The largest absolute Gasteiger partial charge is 0.456 e. The van der Waals surface area contributed by atoms with Crippen molar-refractivity contribution in [1.82, 2.24) is 5.32 Å². The lowest BCUT2D eigenvalue weighted by Gasteiger charge is -2.23. The number of hydrogen-bond donors (Lipinski definition) is 2. The zero-order valence-electron chi connectivity index (χ0n) is 16.9. The molecule has 0 saturated carbocycles. The molecule has 2 aromatic rings. The molecule has 1 amide bonds. The van der Waals surface area contributed by atoms with Gasteiger partial charge >= 0.3 is 5.97 Å². The molecule has 0 spiro atoms. The second-order valence-corrected chi connectivity index (χ2v) is 7.58. The molecule has 0 aliphatic carbocycles. The fraction of sp³-hybridized carbons (Fsp3) is 0.333. The average Bonchev–Trinajstić information content (AvgIpc) is 2.63. The third-order valence-electron chi connectivity index (χ3n) is 3.90. The van der Waals surface area contributed by atoms with Crippen LogP contribution in [0, 0.1) is 10.1 Å². The molecular formula is C21H25N3O5. The third kappa shape index (κ3) is 6.60. The molecule has 0 heterocycles. The molecule has 1 atom stereocenters. The summed E-state index contributed by atoms with van der Waals surface area (Å²) in [5.41, 5.74) is 0.694. The first kappa shape index (κ1) is 21.9. The van der Waals surface area contributed by atoms with Crippen LogP contribution in [-0.2, 0) is 9.53 Å². The normalized spacial score (nSPS) is 12.0. The lowest BCUT2D eigenvalue weighted by Crippen LogP contribution is -2.40. The number of carbonyl (C=O) groups excluding carboxylic acids is 2. The molecular weight excluding hydrogens is 374 g/mol. The molecule has 0 bridgehead atoms. The number of nitrogens with zero attached hydrogens (tertiary/aromatic N) is 1. The minimum absolute atomic E-state index is 0.139. The van der Waals surface area contributed by atoms with Gasteiger partial charge in [-0.3, -0.25) is 19.7 Å². The Morgan fingerprint density at radius 3 is 2.34 bits per heavy atom. The molecule has 1 unspecified atom stereocenters. The quantitative estimate of drug-likeness (QED) is 0.416. The van der Waals surface area contributed by atoms with Gasteiger partial charge in [-0.2, -0.15) is 0 Å². The maximum absolute atomic E-state index is 12.6. The molecule has 0 aliphatic rings. The lowest BCUT2D eigenvalue weighted by atomic mass is 10.1. The van der Waals surface area contributed by atoms with Gasteiger partial charge in [0.25, 0.3) is 11.6 Å². The number of esters is 1. The van der Waals surface area contributed by atoms with Crippen LogP contribution in [0.15, 0.2) is 48.5 Å². The van der Waals surface area contributed by atoms with Gasteiger partial charge in [-0.25, -0.2) is 0 Å². The molecule has 0 fully saturated rings. The van der Waals surface area contributed by atoms with Crippen molar-refractivity contribution in [2.75, 3.05) is 11.9 Å². The summed E-state index contributed by atoms with van der Waals surface area (Å²) in [5, 5.41) is 17.1. The monoisotopic (exact) mass is 399 g/mol. The number of amides is 1. The van der Waals surface area contributed by atoms with Crippen LogP contribution < -0.4 is 10.6 Å². The molecule has 154 valence electrons. The number of carbonyl (C=O) groups is 2. The van der Waals surface area contributed by atoms with E-state index in [-0.39, 0.29) is 29.4 Å². The van der Waals surface area contributed by atoms with E-state index in [0.29, 0.717) is 0 Å². The van der Waals surface area contributed by atoms with E-state index in [1.54, 1.807) is 0 Å². The van der Waals surface area contributed by atoms with Crippen molar-refractivity contribution >= 4 is 23.3 Å². The van der Waals surface area contributed by atoms with Gasteiger partial charge in [0.1, 0.15) is 6.10 Å². The SMILES string of the molecule is CC(=O)OC(CNc1cc([N+](=O)[O-])ccc1C(=O)NC(C)(C)C)c1ccccc1. The van der Waals surface area contributed by atoms with Crippen molar-refractivity contribution in [2.24, 2.45) is 0 Å². The summed E-state index contributed by atoms with van der Waals surface area (Å²) in [6.45, 7) is 6.98. The van der Waals surface area contributed by atoms with Crippen molar-refractivity contribution in [1.29, 1.82) is 0 Å². The molecule has 8 heteroatoms. The molecule has 29 heavy (non-hydrogen) atoms. The molecule has 0 radical (unpaired) electrons. The van der Waals surface area contributed by atoms with Crippen molar-refractivity contribution in [2.45, 2.75) is 39.3 Å². The van der Waals surface area contributed by atoms with Crippen LogP contribution in [0.3, 0.4) is 0 Å². The van der Waals surface area contributed by atoms with Crippen LogP contribution >= 0.6 is 0 Å². The lowest BCUT2D eigenvalue weighted by molar-refractivity contribution is -0.384. The fourth-order valence-electron chi connectivity index (χ4n) is 2.70. The van der Waals surface area contributed by atoms with E-state index < -0.39 is 22.5 Å². The highest BCUT2D eigenvalue weighted by atomic mass is 16.6. The number of benzene rings is 2. The van der Waals surface area contributed by atoms with Crippen LogP contribution in [-0.4, -0.2) is 28.9 Å². The number of rotatable bonds is 7. The van der Waals surface area contributed by atoms with Gasteiger partial charge in [-0.05, 0) is 32.4 Å². The maximum Gasteiger partial charge on any atom is 0.303 e.